The zero-order chi connectivity index (χ0) is 19.1. The van der Waals surface area contributed by atoms with E-state index in [2.05, 4.69) is 0 Å². The van der Waals surface area contributed by atoms with Gasteiger partial charge in [-0.05, 0) is 29.8 Å². The molecule has 138 valence electrons. The Hall–Kier alpha value is -2.82. The van der Waals surface area contributed by atoms with Gasteiger partial charge in [0.1, 0.15) is 0 Å². The van der Waals surface area contributed by atoms with Gasteiger partial charge in [-0.3, -0.25) is 9.59 Å². The second-order valence-electron chi connectivity index (χ2n) is 6.57. The van der Waals surface area contributed by atoms with Crippen LogP contribution in [0, 0.1) is 0 Å². The maximum atomic E-state index is 12.4. The average molecular weight is 353 g/mol. The van der Waals surface area contributed by atoms with Crippen molar-refractivity contribution in [2.75, 3.05) is 37.5 Å². The molecule has 0 atom stereocenters. The van der Waals surface area contributed by atoms with Gasteiger partial charge < -0.3 is 14.7 Å². The summed E-state index contributed by atoms with van der Waals surface area (Å²) in [5.41, 5.74) is 2.96. The number of amides is 2. The highest BCUT2D eigenvalue weighted by molar-refractivity contribution is 5.92. The van der Waals surface area contributed by atoms with E-state index in [1.165, 1.54) is 6.92 Å². The SMILES string of the molecule is CC(=O)N(CCC(=O)N(C)Cc1ccccc1)c1ccc(N(C)C)cc1. The topological polar surface area (TPSA) is 43.9 Å². The van der Waals surface area contributed by atoms with Crippen LogP contribution in [0.1, 0.15) is 18.9 Å². The van der Waals surface area contributed by atoms with Crippen LogP contribution in [0.3, 0.4) is 0 Å². The van der Waals surface area contributed by atoms with Gasteiger partial charge in [0.2, 0.25) is 11.8 Å². The molecule has 0 unspecified atom stereocenters. The van der Waals surface area contributed by atoms with Crippen LogP contribution < -0.4 is 9.80 Å². The molecule has 5 nitrogen and oxygen atoms in total. The minimum absolute atomic E-state index is 0.0185. The van der Waals surface area contributed by atoms with Crippen LogP contribution >= 0.6 is 0 Å². The van der Waals surface area contributed by atoms with E-state index >= 15 is 0 Å². The summed E-state index contributed by atoms with van der Waals surface area (Å²) in [5, 5.41) is 0. The summed E-state index contributed by atoms with van der Waals surface area (Å²) >= 11 is 0. The van der Waals surface area contributed by atoms with Gasteiger partial charge in [0.15, 0.2) is 0 Å². The summed E-state index contributed by atoms with van der Waals surface area (Å²) in [6.07, 6.45) is 0.290. The fourth-order valence-corrected chi connectivity index (χ4v) is 2.74. The van der Waals surface area contributed by atoms with Crippen molar-refractivity contribution in [2.45, 2.75) is 19.9 Å². The number of carbonyl (C=O) groups is 2. The van der Waals surface area contributed by atoms with Crippen molar-refractivity contribution in [1.82, 2.24) is 4.90 Å². The predicted molar refractivity (Wildman–Crippen MR) is 106 cm³/mol. The molecule has 0 bridgehead atoms. The first-order valence-electron chi connectivity index (χ1n) is 8.72. The predicted octanol–water partition coefficient (Wildman–Crippen LogP) is 3.15. The maximum absolute atomic E-state index is 12.4. The molecule has 0 fully saturated rings. The zero-order valence-corrected chi connectivity index (χ0v) is 16.0. The Labute approximate surface area is 155 Å². The lowest BCUT2D eigenvalue weighted by Crippen LogP contribution is -2.34. The lowest BCUT2D eigenvalue weighted by Gasteiger charge is -2.24. The van der Waals surface area contributed by atoms with Crippen LogP contribution in [0.4, 0.5) is 11.4 Å². The molecule has 0 aromatic heterocycles. The molecule has 2 rings (SSSR count). The first kappa shape index (κ1) is 19.5. The Balaban J connectivity index is 1.97. The van der Waals surface area contributed by atoms with E-state index < -0.39 is 0 Å². The number of carbonyl (C=O) groups excluding carboxylic acids is 2. The summed E-state index contributed by atoms with van der Waals surface area (Å²) in [6, 6.07) is 17.6. The molecule has 0 saturated carbocycles. The fraction of sp³-hybridized carbons (Fsp3) is 0.333. The highest BCUT2D eigenvalue weighted by Gasteiger charge is 2.16. The van der Waals surface area contributed by atoms with Gasteiger partial charge >= 0.3 is 0 Å². The van der Waals surface area contributed by atoms with E-state index in [0.717, 1.165) is 16.9 Å². The first-order chi connectivity index (χ1) is 12.4. The molecule has 0 aliphatic heterocycles. The van der Waals surface area contributed by atoms with Gasteiger partial charge in [0.05, 0.1) is 0 Å². The third-order valence-electron chi connectivity index (χ3n) is 4.30. The fourth-order valence-electron chi connectivity index (χ4n) is 2.74. The average Bonchev–Trinajstić information content (AvgIpc) is 2.62. The second-order valence-corrected chi connectivity index (χ2v) is 6.57. The molecule has 2 amide bonds. The van der Waals surface area contributed by atoms with Crippen LogP contribution in [-0.2, 0) is 16.1 Å². The molecule has 2 aromatic rings. The Morgan fingerprint density at radius 3 is 1.96 bits per heavy atom. The van der Waals surface area contributed by atoms with Crippen molar-refractivity contribution in [3.63, 3.8) is 0 Å². The van der Waals surface area contributed by atoms with Crippen molar-refractivity contribution in [1.29, 1.82) is 0 Å². The normalized spacial score (nSPS) is 10.3. The van der Waals surface area contributed by atoms with Gasteiger partial charge in [-0.25, -0.2) is 0 Å². The lowest BCUT2D eigenvalue weighted by molar-refractivity contribution is -0.130. The second kappa shape index (κ2) is 9.04. The summed E-state index contributed by atoms with van der Waals surface area (Å²) < 4.78 is 0. The maximum Gasteiger partial charge on any atom is 0.224 e. The standard InChI is InChI=1S/C21H27N3O2/c1-17(25)24(20-12-10-19(11-13-20)22(2)3)15-14-21(26)23(4)16-18-8-6-5-7-9-18/h5-13H,14-16H2,1-4H3. The summed E-state index contributed by atoms with van der Waals surface area (Å²) in [6.45, 7) is 2.46. The van der Waals surface area contributed by atoms with Gasteiger partial charge in [0, 0.05) is 59.0 Å². The molecule has 26 heavy (non-hydrogen) atoms. The molecule has 0 saturated heterocycles. The summed E-state index contributed by atoms with van der Waals surface area (Å²) in [5.74, 6) is -0.0499. The molecule has 0 aliphatic carbocycles. The van der Waals surface area contributed by atoms with Crippen molar-refractivity contribution >= 4 is 23.2 Å². The highest BCUT2D eigenvalue weighted by Crippen LogP contribution is 2.20. The van der Waals surface area contributed by atoms with Crippen LogP contribution in [0.15, 0.2) is 54.6 Å². The van der Waals surface area contributed by atoms with E-state index in [9.17, 15) is 9.59 Å². The molecular weight excluding hydrogens is 326 g/mol. The number of rotatable bonds is 7. The Kier molecular flexibility index (Phi) is 6.78. The van der Waals surface area contributed by atoms with E-state index in [-0.39, 0.29) is 11.8 Å². The minimum atomic E-state index is -0.0684. The summed E-state index contributed by atoms with van der Waals surface area (Å²) in [4.78, 5) is 29.8. The molecule has 0 heterocycles. The Morgan fingerprint density at radius 1 is 0.846 bits per heavy atom. The Bertz CT molecular complexity index is 727. The van der Waals surface area contributed by atoms with Crippen molar-refractivity contribution in [3.05, 3.63) is 60.2 Å². The van der Waals surface area contributed by atoms with Crippen LogP contribution in [0.25, 0.3) is 0 Å². The lowest BCUT2D eigenvalue weighted by atomic mass is 10.2. The van der Waals surface area contributed by atoms with E-state index in [1.54, 1.807) is 16.8 Å². The van der Waals surface area contributed by atoms with Crippen LogP contribution in [0.2, 0.25) is 0 Å². The van der Waals surface area contributed by atoms with Gasteiger partial charge in [0.25, 0.3) is 0 Å². The quantitative estimate of drug-likeness (QED) is 0.768. The minimum Gasteiger partial charge on any atom is -0.378 e. The molecule has 2 aromatic carbocycles. The molecule has 0 radical (unpaired) electrons. The Morgan fingerprint density at radius 2 is 1.42 bits per heavy atom. The number of benzene rings is 2. The largest absolute Gasteiger partial charge is 0.378 e. The van der Waals surface area contributed by atoms with Crippen LogP contribution in [-0.4, -0.2) is 44.4 Å². The van der Waals surface area contributed by atoms with E-state index in [4.69, 9.17) is 0 Å². The number of anilines is 2. The van der Waals surface area contributed by atoms with Gasteiger partial charge in [-0.1, -0.05) is 30.3 Å². The van der Waals surface area contributed by atoms with E-state index in [1.807, 2.05) is 73.6 Å². The molecular formula is C21H27N3O2. The van der Waals surface area contributed by atoms with E-state index in [0.29, 0.717) is 19.5 Å². The molecule has 5 heteroatoms. The van der Waals surface area contributed by atoms with Crippen LogP contribution in [0.5, 0.6) is 0 Å². The number of hydrogen-bond acceptors (Lipinski definition) is 3. The van der Waals surface area contributed by atoms with Crippen molar-refractivity contribution in [2.24, 2.45) is 0 Å². The molecule has 0 aliphatic rings. The molecule has 0 spiro atoms. The van der Waals surface area contributed by atoms with Crippen molar-refractivity contribution in [3.8, 4) is 0 Å². The zero-order valence-electron chi connectivity index (χ0n) is 16.0. The van der Waals surface area contributed by atoms with Gasteiger partial charge in [-0.2, -0.15) is 0 Å². The molecule has 0 N–H and O–H groups in total. The highest BCUT2D eigenvalue weighted by atomic mass is 16.2. The first-order valence-corrected chi connectivity index (χ1v) is 8.72. The monoisotopic (exact) mass is 353 g/mol. The van der Waals surface area contributed by atoms with Crippen molar-refractivity contribution < 1.29 is 9.59 Å². The smallest absolute Gasteiger partial charge is 0.224 e. The number of nitrogens with zero attached hydrogens (tertiary/aromatic N) is 3. The number of hydrogen-bond donors (Lipinski definition) is 0. The third kappa shape index (κ3) is 5.34. The summed E-state index contributed by atoms with van der Waals surface area (Å²) in [7, 11) is 5.73. The third-order valence-corrected chi connectivity index (χ3v) is 4.30. The van der Waals surface area contributed by atoms with Gasteiger partial charge in [-0.15, -0.1) is 0 Å².